The number of hydrogen-bond acceptors (Lipinski definition) is 1. The van der Waals surface area contributed by atoms with Crippen molar-refractivity contribution in [3.63, 3.8) is 0 Å². The van der Waals surface area contributed by atoms with Gasteiger partial charge in [-0.1, -0.05) is 50.6 Å². The minimum absolute atomic E-state index is 0.242. The van der Waals surface area contributed by atoms with Crippen LogP contribution in [0.1, 0.15) is 32.3 Å². The predicted molar refractivity (Wildman–Crippen MR) is 65.2 cm³/mol. The average Bonchev–Trinajstić information content (AvgIpc) is 2.31. The van der Waals surface area contributed by atoms with Crippen LogP contribution in [-0.4, -0.2) is 15.6 Å². The molecule has 0 bridgehead atoms. The highest BCUT2D eigenvalue weighted by Crippen LogP contribution is 2.31. The molecule has 0 N–H and O–H groups in total. The summed E-state index contributed by atoms with van der Waals surface area (Å²) in [7, 11) is -0.677. The van der Waals surface area contributed by atoms with Crippen LogP contribution in [0.2, 0.25) is 6.04 Å². The predicted octanol–water partition coefficient (Wildman–Crippen LogP) is 3.31. The lowest BCUT2D eigenvalue weighted by atomic mass is 10.0. The van der Waals surface area contributed by atoms with Gasteiger partial charge in [0.25, 0.3) is 0 Å². The second kappa shape index (κ2) is 4.50. The standard InChI is InChI=1S/C13H19OSi/c1-13(2,12-8-4-3-5-9-12)15-11-7-6-10-14-15/h3-5,8-9H,6-7,10-11H2,1-2H3. The summed E-state index contributed by atoms with van der Waals surface area (Å²) < 4.78 is 6.00. The highest BCUT2D eigenvalue weighted by atomic mass is 28.3. The summed E-state index contributed by atoms with van der Waals surface area (Å²) in [6, 6.07) is 12.1. The van der Waals surface area contributed by atoms with E-state index >= 15 is 0 Å². The fourth-order valence-electron chi connectivity index (χ4n) is 2.16. The molecule has 0 aromatic heterocycles. The second-order valence-electron chi connectivity index (χ2n) is 4.72. The smallest absolute Gasteiger partial charge is 0.221 e. The topological polar surface area (TPSA) is 9.23 Å². The van der Waals surface area contributed by atoms with E-state index in [-0.39, 0.29) is 5.04 Å². The Kier molecular flexibility index (Phi) is 3.27. The number of rotatable bonds is 2. The Hall–Kier alpha value is -0.603. The van der Waals surface area contributed by atoms with Crippen LogP contribution in [0.5, 0.6) is 0 Å². The maximum atomic E-state index is 6.00. The van der Waals surface area contributed by atoms with Crippen molar-refractivity contribution in [1.82, 2.24) is 0 Å². The van der Waals surface area contributed by atoms with Gasteiger partial charge in [-0.2, -0.15) is 0 Å². The first-order valence-corrected chi connectivity index (χ1v) is 7.37. The van der Waals surface area contributed by atoms with Crippen LogP contribution >= 0.6 is 0 Å². The molecule has 15 heavy (non-hydrogen) atoms. The zero-order valence-corrected chi connectivity index (χ0v) is 10.6. The molecule has 1 aliphatic heterocycles. The van der Waals surface area contributed by atoms with Crippen LogP contribution in [0.15, 0.2) is 30.3 Å². The molecule has 0 saturated carbocycles. The Bertz CT molecular complexity index is 302. The largest absolute Gasteiger partial charge is 0.416 e. The fourth-order valence-corrected chi connectivity index (χ4v) is 4.74. The SMILES string of the molecule is CC(C)(c1ccccc1)[Si]1CCCCO1. The summed E-state index contributed by atoms with van der Waals surface area (Å²) in [6.07, 6.45) is 2.60. The van der Waals surface area contributed by atoms with Gasteiger partial charge < -0.3 is 4.43 Å². The van der Waals surface area contributed by atoms with Crippen molar-refractivity contribution in [1.29, 1.82) is 0 Å². The molecule has 1 aliphatic rings. The van der Waals surface area contributed by atoms with Crippen molar-refractivity contribution in [2.24, 2.45) is 0 Å². The zero-order chi connectivity index (χ0) is 10.7. The Morgan fingerprint density at radius 2 is 1.87 bits per heavy atom. The monoisotopic (exact) mass is 219 g/mol. The van der Waals surface area contributed by atoms with Gasteiger partial charge in [0.05, 0.1) is 0 Å². The third kappa shape index (κ3) is 2.32. The highest BCUT2D eigenvalue weighted by molar-refractivity contribution is 6.55. The van der Waals surface area contributed by atoms with Crippen molar-refractivity contribution >= 4 is 9.04 Å². The highest BCUT2D eigenvalue weighted by Gasteiger charge is 2.35. The summed E-state index contributed by atoms with van der Waals surface area (Å²) >= 11 is 0. The number of benzene rings is 1. The third-order valence-electron chi connectivity index (χ3n) is 3.27. The fraction of sp³-hybridized carbons (Fsp3) is 0.538. The van der Waals surface area contributed by atoms with E-state index in [4.69, 9.17) is 4.43 Å². The first-order valence-electron chi connectivity index (χ1n) is 5.76. The van der Waals surface area contributed by atoms with E-state index in [0.29, 0.717) is 0 Å². The van der Waals surface area contributed by atoms with E-state index in [1.807, 2.05) is 0 Å². The maximum absolute atomic E-state index is 6.00. The minimum atomic E-state index is -0.677. The Labute approximate surface area is 94.2 Å². The van der Waals surface area contributed by atoms with Gasteiger partial charge in [-0.25, -0.2) is 0 Å². The van der Waals surface area contributed by atoms with E-state index in [0.717, 1.165) is 6.61 Å². The molecule has 0 unspecified atom stereocenters. The molecule has 0 aliphatic carbocycles. The third-order valence-corrected chi connectivity index (χ3v) is 6.31. The lowest BCUT2D eigenvalue weighted by molar-refractivity contribution is 0.269. The Morgan fingerprint density at radius 3 is 2.47 bits per heavy atom. The quantitative estimate of drug-likeness (QED) is 0.693. The van der Waals surface area contributed by atoms with Gasteiger partial charge in [-0.05, 0) is 18.0 Å². The van der Waals surface area contributed by atoms with Crippen molar-refractivity contribution in [2.75, 3.05) is 6.61 Å². The van der Waals surface area contributed by atoms with Crippen LogP contribution in [0, 0.1) is 0 Å². The Morgan fingerprint density at radius 1 is 1.13 bits per heavy atom. The molecule has 2 rings (SSSR count). The van der Waals surface area contributed by atoms with Gasteiger partial charge in [0.15, 0.2) is 0 Å². The molecule has 1 aromatic carbocycles. The van der Waals surface area contributed by atoms with Gasteiger partial charge in [0.2, 0.25) is 9.04 Å². The lowest BCUT2D eigenvalue weighted by Gasteiger charge is -2.35. The summed E-state index contributed by atoms with van der Waals surface area (Å²) in [6.45, 7) is 5.65. The molecule has 81 valence electrons. The van der Waals surface area contributed by atoms with Crippen molar-refractivity contribution in [3.05, 3.63) is 35.9 Å². The second-order valence-corrected chi connectivity index (χ2v) is 7.60. The van der Waals surface area contributed by atoms with Crippen LogP contribution in [0.25, 0.3) is 0 Å². The van der Waals surface area contributed by atoms with Crippen molar-refractivity contribution < 1.29 is 4.43 Å². The normalized spacial score (nSPS) is 19.1. The molecule has 1 radical (unpaired) electrons. The summed E-state index contributed by atoms with van der Waals surface area (Å²) in [5.41, 5.74) is 1.43. The van der Waals surface area contributed by atoms with E-state index in [9.17, 15) is 0 Å². The van der Waals surface area contributed by atoms with Gasteiger partial charge >= 0.3 is 0 Å². The van der Waals surface area contributed by atoms with E-state index in [2.05, 4.69) is 44.2 Å². The summed E-state index contributed by atoms with van der Waals surface area (Å²) in [5, 5.41) is 0.242. The molecular weight excluding hydrogens is 200 g/mol. The summed E-state index contributed by atoms with van der Waals surface area (Å²) in [4.78, 5) is 0. The Balaban J connectivity index is 2.18. The first-order chi connectivity index (χ1) is 7.21. The minimum Gasteiger partial charge on any atom is -0.416 e. The average molecular weight is 219 g/mol. The molecule has 0 atom stereocenters. The molecule has 1 saturated heterocycles. The van der Waals surface area contributed by atoms with Gasteiger partial charge in [-0.3, -0.25) is 0 Å². The van der Waals surface area contributed by atoms with E-state index in [1.165, 1.54) is 24.4 Å². The van der Waals surface area contributed by atoms with Crippen LogP contribution in [0.4, 0.5) is 0 Å². The summed E-state index contributed by atoms with van der Waals surface area (Å²) in [5.74, 6) is 0. The van der Waals surface area contributed by atoms with Crippen molar-refractivity contribution in [2.45, 2.75) is 37.8 Å². The van der Waals surface area contributed by atoms with Crippen molar-refractivity contribution in [3.8, 4) is 0 Å². The van der Waals surface area contributed by atoms with Crippen LogP contribution in [-0.2, 0) is 9.46 Å². The molecular formula is C13H19OSi. The lowest BCUT2D eigenvalue weighted by Crippen LogP contribution is -2.42. The molecule has 1 nitrogen and oxygen atoms in total. The van der Waals surface area contributed by atoms with Gasteiger partial charge in [0.1, 0.15) is 0 Å². The molecule has 1 aromatic rings. The van der Waals surface area contributed by atoms with Crippen LogP contribution < -0.4 is 0 Å². The molecule has 0 spiro atoms. The van der Waals surface area contributed by atoms with Gasteiger partial charge in [0, 0.05) is 11.6 Å². The maximum Gasteiger partial charge on any atom is 0.221 e. The van der Waals surface area contributed by atoms with Gasteiger partial charge in [-0.15, -0.1) is 0 Å². The molecule has 1 heterocycles. The molecule has 0 amide bonds. The van der Waals surface area contributed by atoms with E-state index < -0.39 is 9.04 Å². The molecule has 1 fully saturated rings. The number of hydrogen-bond donors (Lipinski definition) is 0. The zero-order valence-electron chi connectivity index (χ0n) is 9.62. The first kappa shape index (κ1) is 10.9. The molecule has 2 heteroatoms. The van der Waals surface area contributed by atoms with Crippen LogP contribution in [0.3, 0.4) is 0 Å². The van der Waals surface area contributed by atoms with E-state index in [1.54, 1.807) is 0 Å².